The van der Waals surface area contributed by atoms with Gasteiger partial charge in [-0.15, -0.1) is 0 Å². The van der Waals surface area contributed by atoms with Gasteiger partial charge in [0.15, 0.2) is 11.5 Å². The third-order valence-electron chi connectivity index (χ3n) is 2.40. The molecule has 1 aromatic rings. The molecule has 0 aromatic heterocycles. The Morgan fingerprint density at radius 2 is 2.05 bits per heavy atom. The van der Waals surface area contributed by atoms with E-state index >= 15 is 0 Å². The minimum atomic E-state index is -0.299. The van der Waals surface area contributed by atoms with Gasteiger partial charge in [0.25, 0.3) is 0 Å². The molecule has 3 N–H and O–H groups in total. The Morgan fingerprint density at radius 3 is 2.74 bits per heavy atom. The van der Waals surface area contributed by atoms with Crippen molar-refractivity contribution in [3.05, 3.63) is 17.2 Å². The van der Waals surface area contributed by atoms with Gasteiger partial charge in [0.05, 0.1) is 17.3 Å². The van der Waals surface area contributed by atoms with Crippen molar-refractivity contribution in [3.8, 4) is 11.5 Å². The van der Waals surface area contributed by atoms with Crippen LogP contribution in [0.1, 0.15) is 0 Å². The molecular formula is C12H15ClN2O4. The van der Waals surface area contributed by atoms with E-state index in [0.29, 0.717) is 48.6 Å². The van der Waals surface area contributed by atoms with Gasteiger partial charge in [-0.25, -0.2) is 0 Å². The first kappa shape index (κ1) is 13.9. The highest BCUT2D eigenvalue weighted by molar-refractivity contribution is 6.34. The van der Waals surface area contributed by atoms with Crippen LogP contribution in [-0.4, -0.2) is 38.9 Å². The molecule has 0 atom stereocenters. The molecule has 1 amide bonds. The summed E-state index contributed by atoms with van der Waals surface area (Å²) in [6, 6.07) is 3.25. The van der Waals surface area contributed by atoms with E-state index in [0.717, 1.165) is 0 Å². The molecule has 0 saturated heterocycles. The summed E-state index contributed by atoms with van der Waals surface area (Å²) in [7, 11) is 0. The Labute approximate surface area is 115 Å². The summed E-state index contributed by atoms with van der Waals surface area (Å²) in [4.78, 5) is 11.6. The van der Waals surface area contributed by atoms with Crippen LogP contribution in [0.15, 0.2) is 12.1 Å². The number of amides is 1. The van der Waals surface area contributed by atoms with E-state index in [1.165, 1.54) is 0 Å². The molecule has 1 heterocycles. The van der Waals surface area contributed by atoms with E-state index in [2.05, 4.69) is 5.32 Å². The van der Waals surface area contributed by atoms with Crippen molar-refractivity contribution >= 4 is 23.2 Å². The van der Waals surface area contributed by atoms with E-state index < -0.39 is 0 Å². The third-order valence-corrected chi connectivity index (χ3v) is 2.71. The van der Waals surface area contributed by atoms with Gasteiger partial charge in [0.2, 0.25) is 5.91 Å². The lowest BCUT2D eigenvalue weighted by atomic mass is 10.2. The van der Waals surface area contributed by atoms with Crippen LogP contribution in [-0.2, 0) is 9.53 Å². The largest absolute Gasteiger partial charge is 0.486 e. The second-order valence-electron chi connectivity index (χ2n) is 3.87. The Kier molecular flexibility index (Phi) is 4.84. The van der Waals surface area contributed by atoms with Gasteiger partial charge in [-0.05, 0) is 0 Å². The highest BCUT2D eigenvalue weighted by Gasteiger charge is 2.16. The normalized spacial score (nSPS) is 13.2. The van der Waals surface area contributed by atoms with Crippen LogP contribution < -0.4 is 20.5 Å². The monoisotopic (exact) mass is 286 g/mol. The van der Waals surface area contributed by atoms with Crippen LogP contribution >= 0.6 is 11.6 Å². The number of fused-ring (bicyclic) bond motifs is 1. The third kappa shape index (κ3) is 3.73. The van der Waals surface area contributed by atoms with Crippen LogP contribution in [0, 0.1) is 0 Å². The first-order valence-electron chi connectivity index (χ1n) is 5.87. The molecule has 0 radical (unpaired) electrons. The zero-order valence-electron chi connectivity index (χ0n) is 10.3. The van der Waals surface area contributed by atoms with Crippen LogP contribution in [0.3, 0.4) is 0 Å². The molecule has 0 unspecified atom stereocenters. The maximum atomic E-state index is 11.6. The Morgan fingerprint density at radius 1 is 1.37 bits per heavy atom. The molecule has 104 valence electrons. The molecule has 7 heteroatoms. The fraction of sp³-hybridized carbons (Fsp3) is 0.417. The molecule has 0 bridgehead atoms. The number of carbonyl (C=O) groups is 1. The van der Waals surface area contributed by atoms with Crippen molar-refractivity contribution in [2.75, 3.05) is 38.3 Å². The van der Waals surface area contributed by atoms with Gasteiger partial charge >= 0.3 is 0 Å². The van der Waals surface area contributed by atoms with Gasteiger partial charge in [-0.2, -0.15) is 0 Å². The van der Waals surface area contributed by atoms with Gasteiger partial charge in [0, 0.05) is 18.7 Å². The number of benzene rings is 1. The van der Waals surface area contributed by atoms with Crippen molar-refractivity contribution in [1.82, 2.24) is 0 Å². The van der Waals surface area contributed by atoms with Crippen LogP contribution in [0.2, 0.25) is 5.02 Å². The summed E-state index contributed by atoms with van der Waals surface area (Å²) in [6.45, 7) is 1.60. The van der Waals surface area contributed by atoms with E-state index in [1.807, 2.05) is 0 Å². The number of nitrogens with one attached hydrogen (secondary N) is 1. The van der Waals surface area contributed by atoms with E-state index in [1.54, 1.807) is 12.1 Å². The van der Waals surface area contributed by atoms with E-state index in [-0.39, 0.29) is 12.5 Å². The van der Waals surface area contributed by atoms with Gasteiger partial charge in [0.1, 0.15) is 19.8 Å². The first-order chi connectivity index (χ1) is 9.20. The zero-order valence-corrected chi connectivity index (χ0v) is 11.0. The maximum Gasteiger partial charge on any atom is 0.250 e. The molecule has 2 rings (SSSR count). The first-order valence-corrected chi connectivity index (χ1v) is 6.25. The van der Waals surface area contributed by atoms with Crippen molar-refractivity contribution in [3.63, 3.8) is 0 Å². The second-order valence-corrected chi connectivity index (χ2v) is 4.27. The lowest BCUT2D eigenvalue weighted by molar-refractivity contribution is -0.120. The molecule has 0 spiro atoms. The number of hydrogen-bond donors (Lipinski definition) is 2. The predicted octanol–water partition coefficient (Wildman–Crippen LogP) is 1.02. The number of nitrogens with two attached hydrogens (primary N) is 1. The summed E-state index contributed by atoms with van der Waals surface area (Å²) in [5.74, 6) is 0.842. The maximum absolute atomic E-state index is 11.6. The molecule has 0 aliphatic carbocycles. The van der Waals surface area contributed by atoms with Crippen LogP contribution in [0.4, 0.5) is 5.69 Å². The smallest absolute Gasteiger partial charge is 0.250 e. The lowest BCUT2D eigenvalue weighted by Gasteiger charge is -2.20. The van der Waals surface area contributed by atoms with Gasteiger partial charge in [-0.1, -0.05) is 11.6 Å². The van der Waals surface area contributed by atoms with Crippen molar-refractivity contribution < 1.29 is 19.0 Å². The predicted molar refractivity (Wildman–Crippen MR) is 70.9 cm³/mol. The van der Waals surface area contributed by atoms with E-state index in [9.17, 15) is 4.79 Å². The number of hydrogen-bond acceptors (Lipinski definition) is 5. The Hall–Kier alpha value is -1.50. The average Bonchev–Trinajstić information content (AvgIpc) is 2.40. The Balaban J connectivity index is 2.01. The fourth-order valence-corrected chi connectivity index (χ4v) is 1.80. The quantitative estimate of drug-likeness (QED) is 0.790. The SMILES string of the molecule is NCCOCC(=O)Nc1cc2c(cc1Cl)OCCO2. The highest BCUT2D eigenvalue weighted by Crippen LogP contribution is 2.37. The number of halogens is 1. The summed E-state index contributed by atoms with van der Waals surface area (Å²) in [6.07, 6.45) is 0. The lowest BCUT2D eigenvalue weighted by Crippen LogP contribution is -2.21. The van der Waals surface area contributed by atoms with Gasteiger partial charge < -0.3 is 25.3 Å². The van der Waals surface area contributed by atoms with Crippen molar-refractivity contribution in [2.24, 2.45) is 5.73 Å². The number of carbonyl (C=O) groups excluding carboxylic acids is 1. The van der Waals surface area contributed by atoms with Crippen LogP contribution in [0.25, 0.3) is 0 Å². The Bertz CT molecular complexity index is 467. The molecule has 19 heavy (non-hydrogen) atoms. The number of ether oxygens (including phenoxy) is 3. The van der Waals surface area contributed by atoms with E-state index in [4.69, 9.17) is 31.5 Å². The minimum Gasteiger partial charge on any atom is -0.486 e. The molecular weight excluding hydrogens is 272 g/mol. The topological polar surface area (TPSA) is 82.8 Å². The standard InChI is InChI=1S/C12H15ClN2O4/c13-8-5-10-11(19-4-3-18-10)6-9(8)15-12(16)7-17-2-1-14/h5-6H,1-4,7,14H2,(H,15,16). The zero-order chi connectivity index (χ0) is 13.7. The summed E-state index contributed by atoms with van der Waals surface area (Å²) in [5.41, 5.74) is 5.72. The number of anilines is 1. The molecule has 0 saturated carbocycles. The molecule has 1 aliphatic rings. The molecule has 6 nitrogen and oxygen atoms in total. The van der Waals surface area contributed by atoms with Crippen LogP contribution in [0.5, 0.6) is 11.5 Å². The summed E-state index contributed by atoms with van der Waals surface area (Å²) < 4.78 is 15.8. The van der Waals surface area contributed by atoms with Gasteiger partial charge in [-0.3, -0.25) is 4.79 Å². The summed E-state index contributed by atoms with van der Waals surface area (Å²) >= 11 is 6.06. The fourth-order valence-electron chi connectivity index (χ4n) is 1.59. The van der Waals surface area contributed by atoms with Crippen molar-refractivity contribution in [2.45, 2.75) is 0 Å². The molecule has 0 fully saturated rings. The second kappa shape index (κ2) is 6.60. The molecule has 1 aromatic carbocycles. The molecule has 1 aliphatic heterocycles. The average molecular weight is 287 g/mol. The number of rotatable bonds is 5. The minimum absolute atomic E-state index is 0.0675. The van der Waals surface area contributed by atoms with Crippen molar-refractivity contribution in [1.29, 1.82) is 0 Å². The summed E-state index contributed by atoms with van der Waals surface area (Å²) in [5, 5.41) is 3.03. The highest BCUT2D eigenvalue weighted by atomic mass is 35.5.